The minimum atomic E-state index is -5.45. The van der Waals surface area contributed by atoms with Crippen LogP contribution in [0.5, 0.6) is 5.75 Å². The van der Waals surface area contributed by atoms with E-state index in [0.29, 0.717) is 37.6 Å². The van der Waals surface area contributed by atoms with Gasteiger partial charge in [-0.25, -0.2) is 19.2 Å². The van der Waals surface area contributed by atoms with E-state index < -0.39 is 41.0 Å². The summed E-state index contributed by atoms with van der Waals surface area (Å²) in [6.07, 6.45) is -1.71. The zero-order chi connectivity index (χ0) is 25.0. The quantitative estimate of drug-likeness (QED) is 0.366. The number of nitrogens with one attached hydrogen (secondary N) is 2. The molecule has 1 aromatic carbocycles. The van der Waals surface area contributed by atoms with E-state index in [4.69, 9.17) is 0 Å². The van der Waals surface area contributed by atoms with Crippen LogP contribution in [0.25, 0.3) is 0 Å². The van der Waals surface area contributed by atoms with Crippen LogP contribution in [0.15, 0.2) is 24.5 Å². The van der Waals surface area contributed by atoms with Crippen molar-refractivity contribution in [2.45, 2.75) is 43.9 Å². The number of alkyl halides is 3. The van der Waals surface area contributed by atoms with Crippen molar-refractivity contribution < 1.29 is 36.3 Å². The van der Waals surface area contributed by atoms with E-state index in [-0.39, 0.29) is 12.1 Å². The molecule has 0 saturated heterocycles. The highest BCUT2D eigenvalue weighted by Gasteiger charge is 2.42. The predicted molar refractivity (Wildman–Crippen MR) is 112 cm³/mol. The zero-order valence-electron chi connectivity index (χ0n) is 18.2. The second-order valence-corrected chi connectivity index (χ2v) is 7.95. The molecule has 1 heterocycles. The van der Waals surface area contributed by atoms with Crippen LogP contribution in [0, 0.1) is 11.6 Å². The van der Waals surface area contributed by atoms with Crippen molar-refractivity contribution in [2.24, 2.45) is 0 Å². The molecule has 3 rings (SSSR count). The highest BCUT2D eigenvalue weighted by Crippen LogP contribution is 2.29. The van der Waals surface area contributed by atoms with Gasteiger partial charge in [-0.3, -0.25) is 4.79 Å². The summed E-state index contributed by atoms with van der Waals surface area (Å²) in [4.78, 5) is 33.9. The van der Waals surface area contributed by atoms with Gasteiger partial charge >= 0.3 is 12.1 Å². The van der Waals surface area contributed by atoms with Crippen molar-refractivity contribution in [1.29, 1.82) is 0 Å². The monoisotopic (exact) mass is 487 g/mol. The molecule has 1 amide bonds. The van der Waals surface area contributed by atoms with Gasteiger partial charge in [-0.15, -0.1) is 0 Å². The molecule has 1 aliphatic carbocycles. The predicted octanol–water partition coefficient (Wildman–Crippen LogP) is 3.44. The van der Waals surface area contributed by atoms with Crippen LogP contribution in [-0.2, 0) is 4.79 Å². The Labute approximate surface area is 191 Å². The third-order valence-electron chi connectivity index (χ3n) is 5.25. The lowest BCUT2D eigenvalue weighted by Gasteiger charge is -2.30. The average molecular weight is 487 g/mol. The molecule has 13 heteroatoms. The Morgan fingerprint density at radius 3 is 2.32 bits per heavy atom. The molecule has 0 unspecified atom stereocenters. The van der Waals surface area contributed by atoms with Gasteiger partial charge in [0.15, 0.2) is 11.6 Å². The summed E-state index contributed by atoms with van der Waals surface area (Å²) in [6, 6.07) is 2.81. The minimum absolute atomic E-state index is 0.0598. The standard InChI is InChI=1S/C21H22F5N5O3/c1-31(2)16-9-15(27-10-28-16)29-11-3-5-12(6-4-11)30-19(32)13-7-8-14(22)17(23)18(13)34-20(33)21(24,25)26/h7-12H,3-6H2,1-2H3,(H,30,32)(H,27,28,29). The molecular formula is C21H22F5N5O3. The molecule has 1 aliphatic rings. The lowest BCUT2D eigenvalue weighted by Crippen LogP contribution is -2.40. The van der Waals surface area contributed by atoms with E-state index in [2.05, 4.69) is 25.3 Å². The second-order valence-electron chi connectivity index (χ2n) is 7.95. The summed E-state index contributed by atoms with van der Waals surface area (Å²) in [5.74, 6) is -7.20. The first-order chi connectivity index (χ1) is 16.0. The van der Waals surface area contributed by atoms with E-state index in [1.54, 1.807) is 6.07 Å². The number of hydrogen-bond acceptors (Lipinski definition) is 7. The largest absolute Gasteiger partial charge is 0.491 e. The average Bonchev–Trinajstić information content (AvgIpc) is 2.77. The van der Waals surface area contributed by atoms with Gasteiger partial charge in [0, 0.05) is 32.2 Å². The molecule has 0 radical (unpaired) electrons. The smallest absolute Gasteiger partial charge is 0.416 e. The second kappa shape index (κ2) is 10.2. The van der Waals surface area contributed by atoms with E-state index in [0.717, 1.165) is 11.9 Å². The Morgan fingerprint density at radius 2 is 1.71 bits per heavy atom. The van der Waals surface area contributed by atoms with Crippen molar-refractivity contribution in [2.75, 3.05) is 24.3 Å². The summed E-state index contributed by atoms with van der Waals surface area (Å²) >= 11 is 0. The topological polar surface area (TPSA) is 96.4 Å². The summed E-state index contributed by atoms with van der Waals surface area (Å²) in [5, 5.41) is 5.88. The number of carbonyl (C=O) groups excluding carboxylic acids is 2. The lowest BCUT2D eigenvalue weighted by atomic mass is 9.91. The van der Waals surface area contributed by atoms with Crippen molar-refractivity contribution in [1.82, 2.24) is 15.3 Å². The highest BCUT2D eigenvalue weighted by atomic mass is 19.4. The molecule has 0 aliphatic heterocycles. The van der Waals surface area contributed by atoms with Gasteiger partial charge in [-0.2, -0.15) is 17.6 Å². The van der Waals surface area contributed by atoms with Gasteiger partial charge in [0.25, 0.3) is 5.91 Å². The van der Waals surface area contributed by atoms with Crippen LogP contribution >= 0.6 is 0 Å². The summed E-state index contributed by atoms with van der Waals surface area (Å²) < 4.78 is 69.1. The molecule has 1 saturated carbocycles. The molecule has 0 atom stereocenters. The molecule has 184 valence electrons. The maximum absolute atomic E-state index is 14.1. The number of hydrogen-bond donors (Lipinski definition) is 2. The summed E-state index contributed by atoms with van der Waals surface area (Å²) in [7, 11) is 3.70. The Hall–Kier alpha value is -3.51. The fourth-order valence-electron chi connectivity index (χ4n) is 3.49. The fraction of sp³-hybridized carbons (Fsp3) is 0.429. The van der Waals surface area contributed by atoms with Crippen LogP contribution in [0.1, 0.15) is 36.0 Å². The van der Waals surface area contributed by atoms with Crippen molar-refractivity contribution in [3.63, 3.8) is 0 Å². The zero-order valence-corrected chi connectivity index (χ0v) is 18.2. The molecule has 34 heavy (non-hydrogen) atoms. The molecule has 0 bridgehead atoms. The molecule has 1 fully saturated rings. The highest BCUT2D eigenvalue weighted by molar-refractivity contribution is 5.98. The van der Waals surface area contributed by atoms with Crippen LogP contribution in [0.3, 0.4) is 0 Å². The van der Waals surface area contributed by atoms with Crippen LogP contribution < -0.4 is 20.3 Å². The van der Waals surface area contributed by atoms with Crippen molar-refractivity contribution >= 4 is 23.5 Å². The number of amides is 1. The Kier molecular flexibility index (Phi) is 7.52. The van der Waals surface area contributed by atoms with Gasteiger partial charge in [0.2, 0.25) is 5.82 Å². The van der Waals surface area contributed by atoms with Crippen LogP contribution in [0.2, 0.25) is 0 Å². The molecular weight excluding hydrogens is 465 g/mol. The summed E-state index contributed by atoms with van der Waals surface area (Å²) in [6.45, 7) is 0. The van der Waals surface area contributed by atoms with Crippen LogP contribution in [0.4, 0.5) is 33.6 Å². The number of aromatic nitrogens is 2. The molecule has 1 aromatic heterocycles. The van der Waals surface area contributed by atoms with Gasteiger partial charge < -0.3 is 20.3 Å². The Bertz CT molecular complexity index is 1060. The molecule has 2 aromatic rings. The minimum Gasteiger partial charge on any atom is -0.416 e. The third-order valence-corrected chi connectivity index (χ3v) is 5.25. The van der Waals surface area contributed by atoms with Gasteiger partial charge in [0.05, 0.1) is 5.56 Å². The maximum atomic E-state index is 14.1. The molecule has 2 N–H and O–H groups in total. The number of nitrogens with zero attached hydrogens (tertiary/aromatic N) is 3. The molecule has 8 nitrogen and oxygen atoms in total. The number of rotatable bonds is 6. The van der Waals surface area contributed by atoms with E-state index in [1.807, 2.05) is 19.0 Å². The number of benzene rings is 1. The van der Waals surface area contributed by atoms with Gasteiger partial charge in [0.1, 0.15) is 18.0 Å². The van der Waals surface area contributed by atoms with E-state index >= 15 is 0 Å². The Balaban J connectivity index is 1.62. The van der Waals surface area contributed by atoms with E-state index in [1.165, 1.54) is 6.33 Å². The number of esters is 1. The lowest BCUT2D eigenvalue weighted by molar-refractivity contribution is -0.189. The summed E-state index contributed by atoms with van der Waals surface area (Å²) in [5.41, 5.74) is -0.714. The van der Waals surface area contributed by atoms with Gasteiger partial charge in [-0.05, 0) is 37.8 Å². The number of halogens is 5. The first kappa shape index (κ1) is 25.1. The number of ether oxygens (including phenoxy) is 1. The van der Waals surface area contributed by atoms with Crippen molar-refractivity contribution in [3.05, 3.63) is 41.7 Å². The number of anilines is 2. The van der Waals surface area contributed by atoms with Crippen LogP contribution in [-0.4, -0.2) is 54.2 Å². The number of carbonyl (C=O) groups is 2. The molecule has 0 spiro atoms. The van der Waals surface area contributed by atoms with Gasteiger partial charge in [-0.1, -0.05) is 0 Å². The van der Waals surface area contributed by atoms with E-state index in [9.17, 15) is 31.5 Å². The fourth-order valence-corrected chi connectivity index (χ4v) is 3.49. The first-order valence-corrected chi connectivity index (χ1v) is 10.3. The Morgan fingerprint density at radius 1 is 1.06 bits per heavy atom. The first-order valence-electron chi connectivity index (χ1n) is 10.3. The normalized spacial score (nSPS) is 18.2. The maximum Gasteiger partial charge on any atom is 0.491 e. The third kappa shape index (κ3) is 6.08. The van der Waals surface area contributed by atoms with Crippen molar-refractivity contribution in [3.8, 4) is 5.75 Å². The SMILES string of the molecule is CN(C)c1cc(NC2CCC(NC(=O)c3ccc(F)c(F)c3OC(=O)C(F)(F)F)CC2)ncn1.